The number of thiazole rings is 1. The smallest absolute Gasteiger partial charge is 0.188 e. The predicted molar refractivity (Wildman–Crippen MR) is 104 cm³/mol. The first-order chi connectivity index (χ1) is 11.7. The Labute approximate surface area is 157 Å². The summed E-state index contributed by atoms with van der Waals surface area (Å²) in [6.45, 7) is 9.97. The predicted octanol–water partition coefficient (Wildman–Crippen LogP) is 4.21. The number of hydrogen-bond donors (Lipinski definition) is 1. The highest BCUT2D eigenvalue weighted by atomic mass is 32.2. The number of benzene rings is 1. The molecule has 0 saturated carbocycles. The number of aryl methyl sites for hydroxylation is 1. The Morgan fingerprint density at radius 3 is 2.64 bits per heavy atom. The quantitative estimate of drug-likeness (QED) is 0.574. The molecule has 0 aliphatic carbocycles. The fraction of sp³-hybridized carbons (Fsp3) is 0.500. The van der Waals surface area contributed by atoms with Crippen molar-refractivity contribution in [3.63, 3.8) is 0 Å². The fourth-order valence-corrected chi connectivity index (χ4v) is 3.86. The second-order valence-corrected chi connectivity index (χ2v) is 9.64. The fourth-order valence-electron chi connectivity index (χ4n) is 2.26. The normalized spacial score (nSPS) is 14.4. The molecule has 138 valence electrons. The summed E-state index contributed by atoms with van der Waals surface area (Å²) in [4.78, 5) is 5.43. The maximum absolute atomic E-state index is 12.4. The largest absolute Gasteiger partial charge is 0.598 e. The molecule has 0 saturated heterocycles. The zero-order chi connectivity index (χ0) is 18.6. The van der Waals surface area contributed by atoms with Gasteiger partial charge in [0.15, 0.2) is 6.79 Å². The average Bonchev–Trinajstić information content (AvgIpc) is 2.97. The number of aromatic nitrogens is 1. The second kappa shape index (κ2) is 8.51. The Morgan fingerprint density at radius 1 is 1.36 bits per heavy atom. The summed E-state index contributed by atoms with van der Waals surface area (Å²) < 4.78 is 26.1. The molecular weight excluding hydrogens is 356 g/mol. The van der Waals surface area contributed by atoms with Crippen molar-refractivity contribution < 1.29 is 14.0 Å². The van der Waals surface area contributed by atoms with Crippen molar-refractivity contribution in [3.8, 4) is 16.2 Å². The van der Waals surface area contributed by atoms with E-state index in [0.29, 0.717) is 0 Å². The van der Waals surface area contributed by atoms with Crippen molar-refractivity contribution in [1.29, 1.82) is 0 Å². The highest BCUT2D eigenvalue weighted by Crippen LogP contribution is 2.34. The molecule has 0 amide bonds. The minimum Gasteiger partial charge on any atom is -0.598 e. The van der Waals surface area contributed by atoms with Crippen LogP contribution in [0.3, 0.4) is 0 Å². The highest BCUT2D eigenvalue weighted by Gasteiger charge is 2.29. The monoisotopic (exact) mass is 382 g/mol. The lowest BCUT2D eigenvalue weighted by Gasteiger charge is -2.27. The van der Waals surface area contributed by atoms with Crippen LogP contribution in [0.25, 0.3) is 10.4 Å². The number of methoxy groups -OCH3 is 1. The molecule has 0 spiro atoms. The molecule has 7 heteroatoms. The van der Waals surface area contributed by atoms with Crippen LogP contribution in [0.15, 0.2) is 23.7 Å². The van der Waals surface area contributed by atoms with Gasteiger partial charge in [0.25, 0.3) is 0 Å². The molecule has 0 fully saturated rings. The van der Waals surface area contributed by atoms with Gasteiger partial charge in [0.2, 0.25) is 0 Å². The number of rotatable bonds is 7. The van der Waals surface area contributed by atoms with Gasteiger partial charge in [0, 0.05) is 24.0 Å². The second-order valence-electron chi connectivity index (χ2n) is 6.79. The standard InChI is InChI=1S/C18H26N2O3S2/c1-12(20-25(21)18(3,4)5)15-8-7-14(9-16(15)23-11-22-6)17-13(2)19-10-24-17/h7-10,12,20H,11H2,1-6H3/t12-,25-/m0/s1. The Balaban J connectivity index is 2.31. The van der Waals surface area contributed by atoms with Crippen LogP contribution in [0.2, 0.25) is 0 Å². The lowest BCUT2D eigenvalue weighted by Crippen LogP contribution is -2.40. The maximum atomic E-state index is 12.4. The van der Waals surface area contributed by atoms with Gasteiger partial charge in [-0.2, -0.15) is 0 Å². The van der Waals surface area contributed by atoms with Crippen molar-refractivity contribution in [3.05, 3.63) is 35.0 Å². The molecular formula is C18H26N2O3S2. The van der Waals surface area contributed by atoms with Gasteiger partial charge in [-0.3, -0.25) is 0 Å². The summed E-state index contributed by atoms with van der Waals surface area (Å²) in [6, 6.07) is 5.93. The third-order valence-corrected chi connectivity index (χ3v) is 6.32. The first kappa shape index (κ1) is 20.2. The lowest BCUT2D eigenvalue weighted by molar-refractivity contribution is 0.0502. The molecule has 1 aromatic heterocycles. The van der Waals surface area contributed by atoms with E-state index in [4.69, 9.17) is 9.47 Å². The molecule has 2 aromatic rings. The highest BCUT2D eigenvalue weighted by molar-refractivity contribution is 7.90. The van der Waals surface area contributed by atoms with Crippen molar-refractivity contribution in [1.82, 2.24) is 9.71 Å². The minimum atomic E-state index is -1.17. The van der Waals surface area contributed by atoms with E-state index in [1.165, 1.54) is 0 Å². The van der Waals surface area contributed by atoms with Crippen LogP contribution in [0.1, 0.15) is 45.0 Å². The van der Waals surface area contributed by atoms with Gasteiger partial charge in [-0.25, -0.2) is 4.98 Å². The summed E-state index contributed by atoms with van der Waals surface area (Å²) in [6.07, 6.45) is 0. The first-order valence-electron chi connectivity index (χ1n) is 8.08. The zero-order valence-corrected chi connectivity index (χ0v) is 17.2. The topological polar surface area (TPSA) is 66.4 Å². The van der Waals surface area contributed by atoms with E-state index < -0.39 is 11.4 Å². The zero-order valence-electron chi connectivity index (χ0n) is 15.6. The van der Waals surface area contributed by atoms with E-state index in [0.717, 1.165) is 27.4 Å². The minimum absolute atomic E-state index is 0.122. The molecule has 2 rings (SSSR count). The van der Waals surface area contributed by atoms with Gasteiger partial charge in [0.1, 0.15) is 10.5 Å². The van der Waals surface area contributed by atoms with Crippen LogP contribution in [0.5, 0.6) is 5.75 Å². The van der Waals surface area contributed by atoms with Crippen LogP contribution in [-0.4, -0.2) is 28.2 Å². The van der Waals surface area contributed by atoms with E-state index in [-0.39, 0.29) is 17.6 Å². The lowest BCUT2D eigenvalue weighted by atomic mass is 10.0. The summed E-state index contributed by atoms with van der Waals surface area (Å²) in [5.41, 5.74) is 4.83. The molecule has 25 heavy (non-hydrogen) atoms. The number of nitrogens with one attached hydrogen (secondary N) is 1. The van der Waals surface area contributed by atoms with Gasteiger partial charge in [-0.15, -0.1) is 16.1 Å². The van der Waals surface area contributed by atoms with E-state index in [1.54, 1.807) is 18.4 Å². The summed E-state index contributed by atoms with van der Waals surface area (Å²) in [5.74, 6) is 0.720. The molecule has 5 nitrogen and oxygen atoms in total. The number of ether oxygens (including phenoxy) is 2. The van der Waals surface area contributed by atoms with Gasteiger partial charge in [-0.1, -0.05) is 12.1 Å². The van der Waals surface area contributed by atoms with Crippen LogP contribution in [-0.2, 0) is 16.1 Å². The average molecular weight is 383 g/mol. The molecule has 0 aliphatic heterocycles. The van der Waals surface area contributed by atoms with Crippen LogP contribution in [0.4, 0.5) is 0 Å². The Hall–Kier alpha value is -1.12. The number of hydrogen-bond acceptors (Lipinski definition) is 6. The third kappa shape index (κ3) is 5.18. The van der Waals surface area contributed by atoms with Crippen molar-refractivity contribution in [2.75, 3.05) is 13.9 Å². The van der Waals surface area contributed by atoms with Crippen LogP contribution in [0, 0.1) is 6.92 Å². The van der Waals surface area contributed by atoms with Crippen LogP contribution < -0.4 is 9.46 Å². The summed E-state index contributed by atoms with van der Waals surface area (Å²) >= 11 is 0.436. The molecule has 2 atom stereocenters. The maximum Gasteiger partial charge on any atom is 0.188 e. The van der Waals surface area contributed by atoms with Crippen LogP contribution >= 0.6 is 11.3 Å². The van der Waals surface area contributed by atoms with E-state index in [2.05, 4.69) is 9.71 Å². The van der Waals surface area contributed by atoms with Crippen molar-refractivity contribution in [2.45, 2.75) is 45.4 Å². The van der Waals surface area contributed by atoms with Crippen molar-refractivity contribution >= 4 is 22.7 Å². The molecule has 1 aromatic carbocycles. The Kier molecular flexibility index (Phi) is 6.87. The number of nitrogens with zero attached hydrogens (tertiary/aromatic N) is 1. The molecule has 1 heterocycles. The summed E-state index contributed by atoms with van der Waals surface area (Å²) in [7, 11) is 1.59. The SMILES string of the molecule is COCOc1cc(-c2scnc2C)ccc1[C@H](C)N[S@@+]([O-])C(C)(C)C. The van der Waals surface area contributed by atoms with E-state index >= 15 is 0 Å². The van der Waals surface area contributed by atoms with Gasteiger partial charge in [-0.05, 0) is 46.2 Å². The van der Waals surface area contributed by atoms with Gasteiger partial charge >= 0.3 is 0 Å². The Bertz CT molecular complexity index is 698. The molecule has 0 bridgehead atoms. The molecule has 0 unspecified atom stereocenters. The van der Waals surface area contributed by atoms with Gasteiger partial charge < -0.3 is 14.0 Å². The van der Waals surface area contributed by atoms with E-state index in [1.807, 2.05) is 58.3 Å². The molecule has 0 radical (unpaired) electrons. The van der Waals surface area contributed by atoms with Crippen molar-refractivity contribution in [2.24, 2.45) is 0 Å². The third-order valence-electron chi connectivity index (χ3n) is 3.66. The molecule has 1 N–H and O–H groups in total. The molecule has 0 aliphatic rings. The Morgan fingerprint density at radius 2 is 2.08 bits per heavy atom. The summed E-state index contributed by atoms with van der Waals surface area (Å²) in [5, 5.41) is 0. The van der Waals surface area contributed by atoms with E-state index in [9.17, 15) is 4.55 Å². The first-order valence-corrected chi connectivity index (χ1v) is 10.1. The van der Waals surface area contributed by atoms with Gasteiger partial charge in [0.05, 0.1) is 22.1 Å².